The van der Waals surface area contributed by atoms with Gasteiger partial charge < -0.3 is 24.8 Å². The molecule has 0 aliphatic carbocycles. The highest BCUT2D eigenvalue weighted by atomic mass is 35.5. The Bertz CT molecular complexity index is 1330. The molecule has 1 amide bonds. The second-order valence-electron chi connectivity index (χ2n) is 9.10. The number of halogens is 1. The zero-order chi connectivity index (χ0) is 24.4. The molecule has 5 rings (SSSR count). The number of ether oxygens (including phenoxy) is 1. The van der Waals surface area contributed by atoms with E-state index in [1.165, 1.54) is 10.9 Å². The van der Waals surface area contributed by atoms with Crippen molar-refractivity contribution in [2.24, 2.45) is 5.73 Å². The van der Waals surface area contributed by atoms with Crippen molar-refractivity contribution < 1.29 is 9.53 Å². The first-order valence-electron chi connectivity index (χ1n) is 12.0. The topological polar surface area (TPSA) is 122 Å². The van der Waals surface area contributed by atoms with Crippen LogP contribution in [-0.4, -0.2) is 70.4 Å². The maximum absolute atomic E-state index is 13.7. The number of nitrogens with zero attached hydrogens (tertiary/aromatic N) is 6. The van der Waals surface area contributed by atoms with Crippen molar-refractivity contribution in [3.05, 3.63) is 58.1 Å². The van der Waals surface area contributed by atoms with E-state index < -0.39 is 0 Å². The Morgan fingerprint density at radius 2 is 1.94 bits per heavy atom. The molecule has 2 aliphatic rings. The summed E-state index contributed by atoms with van der Waals surface area (Å²) in [6.45, 7) is 3.63. The molecule has 10 nitrogen and oxygen atoms in total. The maximum atomic E-state index is 13.7. The normalized spacial score (nSPS) is 18.1. The van der Waals surface area contributed by atoms with Crippen LogP contribution in [0.1, 0.15) is 24.0 Å². The van der Waals surface area contributed by atoms with Crippen molar-refractivity contribution in [1.82, 2.24) is 19.0 Å². The molecular weight excluding hydrogens is 482 g/mol. The molecular formula is C25H30ClN7O3. The van der Waals surface area contributed by atoms with Crippen molar-refractivity contribution in [2.45, 2.75) is 32.0 Å². The summed E-state index contributed by atoms with van der Waals surface area (Å²) in [7, 11) is 0. The van der Waals surface area contributed by atoms with Crippen LogP contribution in [0.25, 0.3) is 11.0 Å². The van der Waals surface area contributed by atoms with Crippen molar-refractivity contribution in [1.29, 1.82) is 5.26 Å². The molecule has 2 N–H and O–H groups in total. The molecule has 2 saturated heterocycles. The number of anilines is 1. The number of nitrogens with two attached hydrogens (primary N) is 1. The van der Waals surface area contributed by atoms with Gasteiger partial charge in [0, 0.05) is 38.8 Å². The van der Waals surface area contributed by atoms with E-state index in [0.29, 0.717) is 61.8 Å². The molecule has 11 heteroatoms. The fourth-order valence-corrected chi connectivity index (χ4v) is 4.98. The average molecular weight is 512 g/mol. The number of fused-ring (bicyclic) bond motifs is 1. The molecule has 3 aromatic rings. The van der Waals surface area contributed by atoms with Crippen LogP contribution in [0, 0.1) is 11.3 Å². The molecule has 0 spiro atoms. The average Bonchev–Trinajstić information content (AvgIpc) is 3.20. The molecule has 2 aromatic heterocycles. The number of hydrogen-bond acceptors (Lipinski definition) is 7. The number of amides is 1. The Labute approximate surface area is 215 Å². The predicted octanol–water partition coefficient (Wildman–Crippen LogP) is 1.33. The minimum absolute atomic E-state index is 0. The zero-order valence-electron chi connectivity index (χ0n) is 20.0. The summed E-state index contributed by atoms with van der Waals surface area (Å²) in [6.07, 6.45) is 3.21. The van der Waals surface area contributed by atoms with Gasteiger partial charge in [0.05, 0.1) is 19.5 Å². The number of rotatable bonds is 5. The summed E-state index contributed by atoms with van der Waals surface area (Å²) in [5.41, 5.74) is 7.98. The van der Waals surface area contributed by atoms with E-state index in [4.69, 9.17) is 10.5 Å². The first-order valence-corrected chi connectivity index (χ1v) is 12.0. The summed E-state index contributed by atoms with van der Waals surface area (Å²) in [6, 6.07) is 12.1. The Kier molecular flexibility index (Phi) is 7.94. The predicted molar refractivity (Wildman–Crippen MR) is 138 cm³/mol. The summed E-state index contributed by atoms with van der Waals surface area (Å²) in [4.78, 5) is 34.9. The molecule has 2 fully saturated rings. The van der Waals surface area contributed by atoms with Crippen LogP contribution in [0.2, 0.25) is 0 Å². The summed E-state index contributed by atoms with van der Waals surface area (Å²) >= 11 is 0. The highest BCUT2D eigenvalue weighted by molar-refractivity contribution is 5.89. The quantitative estimate of drug-likeness (QED) is 0.548. The monoisotopic (exact) mass is 511 g/mol. The Balaban J connectivity index is 0.00000304. The van der Waals surface area contributed by atoms with Crippen LogP contribution in [0.4, 0.5) is 5.82 Å². The molecule has 36 heavy (non-hydrogen) atoms. The molecule has 1 atom stereocenters. The first-order chi connectivity index (χ1) is 17.1. The molecule has 4 heterocycles. The van der Waals surface area contributed by atoms with Gasteiger partial charge in [-0.25, -0.2) is 4.98 Å². The van der Waals surface area contributed by atoms with E-state index in [1.807, 2.05) is 34.9 Å². The van der Waals surface area contributed by atoms with Gasteiger partial charge in [-0.15, -0.1) is 12.4 Å². The fraction of sp³-hybridized carbons (Fsp3) is 0.440. The molecule has 0 saturated carbocycles. The Morgan fingerprint density at radius 1 is 1.19 bits per heavy atom. The number of benzene rings is 1. The SMILES string of the molecule is Cl.N#Cc1c(N2CCC[C@H](N)C2)n(Cc2ccccc2)c2c(=O)n(CC(=O)N3CCOCC3)cnc12. The number of nitriles is 1. The lowest BCUT2D eigenvalue weighted by Gasteiger charge is -2.33. The third kappa shape index (κ3) is 4.95. The summed E-state index contributed by atoms with van der Waals surface area (Å²) in [5, 5.41) is 10.1. The van der Waals surface area contributed by atoms with Crippen LogP contribution in [0.5, 0.6) is 0 Å². The van der Waals surface area contributed by atoms with Gasteiger partial charge in [-0.05, 0) is 18.4 Å². The maximum Gasteiger partial charge on any atom is 0.278 e. The summed E-state index contributed by atoms with van der Waals surface area (Å²) < 4.78 is 8.55. The number of hydrogen-bond donors (Lipinski definition) is 1. The van der Waals surface area contributed by atoms with Crippen molar-refractivity contribution in [2.75, 3.05) is 44.3 Å². The van der Waals surface area contributed by atoms with Crippen molar-refractivity contribution in [3.63, 3.8) is 0 Å². The van der Waals surface area contributed by atoms with Crippen LogP contribution in [0.15, 0.2) is 41.5 Å². The standard InChI is InChI=1S/C25H29N7O3.ClH/c26-13-20-22-23(25(34)31(17-28-22)16-21(33)29-9-11-35-12-10-29)32(14-18-5-2-1-3-6-18)24(20)30-8-4-7-19(27)15-30;/h1-3,5-6,17,19H,4,7-12,14-16,27H2;1H/t19-;/m0./s1. The lowest BCUT2D eigenvalue weighted by molar-refractivity contribution is -0.135. The molecule has 0 radical (unpaired) electrons. The Morgan fingerprint density at radius 3 is 2.64 bits per heavy atom. The van der Waals surface area contributed by atoms with Crippen LogP contribution in [-0.2, 0) is 22.6 Å². The van der Waals surface area contributed by atoms with Crippen LogP contribution < -0.4 is 16.2 Å². The third-order valence-electron chi connectivity index (χ3n) is 6.72. The molecule has 190 valence electrons. The van der Waals surface area contributed by atoms with E-state index in [0.717, 1.165) is 24.9 Å². The zero-order valence-corrected chi connectivity index (χ0v) is 20.8. The summed E-state index contributed by atoms with van der Waals surface area (Å²) in [5.74, 6) is 0.517. The number of carbonyl (C=O) groups excluding carboxylic acids is 1. The van der Waals surface area contributed by atoms with Gasteiger partial charge in [0.15, 0.2) is 0 Å². The number of piperidine rings is 1. The van der Waals surface area contributed by atoms with Gasteiger partial charge in [0.25, 0.3) is 5.56 Å². The Hall–Kier alpha value is -3.39. The van der Waals surface area contributed by atoms with Gasteiger partial charge >= 0.3 is 0 Å². The van der Waals surface area contributed by atoms with Crippen LogP contribution in [0.3, 0.4) is 0 Å². The second kappa shape index (κ2) is 11.1. The molecule has 1 aromatic carbocycles. The van der Waals surface area contributed by atoms with Gasteiger partial charge in [-0.3, -0.25) is 14.2 Å². The largest absolute Gasteiger partial charge is 0.378 e. The van der Waals surface area contributed by atoms with Crippen molar-refractivity contribution in [3.8, 4) is 6.07 Å². The van der Waals surface area contributed by atoms with Gasteiger partial charge in [-0.2, -0.15) is 5.26 Å². The molecule has 0 unspecified atom stereocenters. The van der Waals surface area contributed by atoms with Gasteiger partial charge in [0.2, 0.25) is 5.91 Å². The second-order valence-corrected chi connectivity index (χ2v) is 9.10. The van der Waals surface area contributed by atoms with E-state index in [1.54, 1.807) is 4.90 Å². The van der Waals surface area contributed by atoms with E-state index in [2.05, 4.69) is 16.0 Å². The third-order valence-corrected chi connectivity index (χ3v) is 6.72. The lowest BCUT2D eigenvalue weighted by atomic mass is 10.1. The molecule has 0 bridgehead atoms. The van der Waals surface area contributed by atoms with E-state index in [9.17, 15) is 14.9 Å². The number of morpholine rings is 1. The van der Waals surface area contributed by atoms with Crippen molar-refractivity contribution >= 4 is 35.2 Å². The highest BCUT2D eigenvalue weighted by Gasteiger charge is 2.29. The number of aromatic nitrogens is 3. The first kappa shape index (κ1) is 25.7. The minimum atomic E-state index is -0.336. The van der Waals surface area contributed by atoms with Crippen LogP contribution >= 0.6 is 12.4 Å². The van der Waals surface area contributed by atoms with Gasteiger partial charge in [-0.1, -0.05) is 30.3 Å². The smallest absolute Gasteiger partial charge is 0.278 e. The van der Waals surface area contributed by atoms with E-state index >= 15 is 0 Å². The number of carbonyl (C=O) groups is 1. The highest BCUT2D eigenvalue weighted by Crippen LogP contribution is 2.32. The lowest BCUT2D eigenvalue weighted by Crippen LogP contribution is -2.44. The minimum Gasteiger partial charge on any atom is -0.378 e. The molecule has 2 aliphatic heterocycles. The van der Waals surface area contributed by atoms with Gasteiger partial charge in [0.1, 0.15) is 35.0 Å². The van der Waals surface area contributed by atoms with E-state index in [-0.39, 0.29) is 36.5 Å². The fourth-order valence-electron chi connectivity index (χ4n) is 4.98.